The van der Waals surface area contributed by atoms with Crippen LogP contribution >= 0.6 is 0 Å². The first-order valence-electron chi connectivity index (χ1n) is 6.95. The molecule has 0 bridgehead atoms. The predicted octanol–water partition coefficient (Wildman–Crippen LogP) is 3.30. The molecular formula is C17H19NO3. The van der Waals surface area contributed by atoms with Crippen molar-refractivity contribution in [2.75, 3.05) is 18.9 Å². The molecule has 0 aromatic heterocycles. The van der Waals surface area contributed by atoms with Crippen molar-refractivity contribution in [3.63, 3.8) is 0 Å². The van der Waals surface area contributed by atoms with E-state index in [1.54, 1.807) is 42.5 Å². The van der Waals surface area contributed by atoms with E-state index in [2.05, 4.69) is 0 Å². The van der Waals surface area contributed by atoms with E-state index in [9.17, 15) is 4.79 Å². The molecule has 2 N–H and O–H groups in total. The Kier molecular flexibility index (Phi) is 4.82. The molecule has 0 radical (unpaired) electrons. The number of nitrogen functional groups attached to an aromatic ring is 1. The molecule has 0 saturated carbocycles. The maximum Gasteiger partial charge on any atom is 0.193 e. The monoisotopic (exact) mass is 285 g/mol. The topological polar surface area (TPSA) is 61.5 Å². The molecule has 0 fully saturated rings. The minimum absolute atomic E-state index is 0.0761. The zero-order valence-corrected chi connectivity index (χ0v) is 12.3. The lowest BCUT2D eigenvalue weighted by atomic mass is 10.0. The number of anilines is 1. The van der Waals surface area contributed by atoms with Gasteiger partial charge in [-0.2, -0.15) is 0 Å². The maximum absolute atomic E-state index is 12.4. The molecule has 4 nitrogen and oxygen atoms in total. The van der Waals surface area contributed by atoms with E-state index < -0.39 is 0 Å². The quantitative estimate of drug-likeness (QED) is 0.653. The van der Waals surface area contributed by atoms with Crippen LogP contribution in [0.3, 0.4) is 0 Å². The van der Waals surface area contributed by atoms with Crippen LogP contribution in [0.15, 0.2) is 42.5 Å². The Morgan fingerprint density at radius 2 is 1.57 bits per heavy atom. The molecule has 0 saturated heterocycles. The standard InChI is InChI=1S/C17H19NO3/c1-3-20-14-8-5-12(6-9-14)17(19)13-7-10-16(21-4-2)15(18)11-13/h5-11H,3-4,18H2,1-2H3. The van der Waals surface area contributed by atoms with Gasteiger partial charge in [-0.25, -0.2) is 0 Å². The number of carbonyl (C=O) groups is 1. The fourth-order valence-corrected chi connectivity index (χ4v) is 2.01. The van der Waals surface area contributed by atoms with Crippen LogP contribution in [-0.4, -0.2) is 19.0 Å². The highest BCUT2D eigenvalue weighted by Gasteiger charge is 2.11. The summed E-state index contributed by atoms with van der Waals surface area (Å²) >= 11 is 0. The molecule has 2 aromatic carbocycles. The first-order chi connectivity index (χ1) is 10.2. The van der Waals surface area contributed by atoms with Crippen LogP contribution < -0.4 is 15.2 Å². The van der Waals surface area contributed by atoms with E-state index in [-0.39, 0.29) is 5.78 Å². The van der Waals surface area contributed by atoms with Gasteiger partial charge in [0.05, 0.1) is 18.9 Å². The molecule has 0 heterocycles. The van der Waals surface area contributed by atoms with Crippen molar-refractivity contribution in [3.05, 3.63) is 53.6 Å². The van der Waals surface area contributed by atoms with Gasteiger partial charge in [0.1, 0.15) is 11.5 Å². The van der Waals surface area contributed by atoms with Crippen molar-refractivity contribution in [2.24, 2.45) is 0 Å². The van der Waals surface area contributed by atoms with Gasteiger partial charge in [0.25, 0.3) is 0 Å². The second-order valence-corrected chi connectivity index (χ2v) is 4.47. The van der Waals surface area contributed by atoms with Crippen LogP contribution in [0.1, 0.15) is 29.8 Å². The molecule has 2 aromatic rings. The van der Waals surface area contributed by atoms with E-state index in [4.69, 9.17) is 15.2 Å². The normalized spacial score (nSPS) is 10.2. The lowest BCUT2D eigenvalue weighted by molar-refractivity contribution is 0.103. The molecule has 0 amide bonds. The maximum atomic E-state index is 12.4. The fraction of sp³-hybridized carbons (Fsp3) is 0.235. The van der Waals surface area contributed by atoms with Crippen molar-refractivity contribution in [1.29, 1.82) is 0 Å². The van der Waals surface area contributed by atoms with Gasteiger partial charge in [-0.3, -0.25) is 4.79 Å². The number of rotatable bonds is 6. The summed E-state index contributed by atoms with van der Waals surface area (Å²) in [6.45, 7) is 4.94. The van der Waals surface area contributed by atoms with Crippen LogP contribution in [0.2, 0.25) is 0 Å². The van der Waals surface area contributed by atoms with Crippen molar-refractivity contribution >= 4 is 11.5 Å². The van der Waals surface area contributed by atoms with Gasteiger partial charge >= 0.3 is 0 Å². The summed E-state index contributed by atoms with van der Waals surface area (Å²) in [4.78, 5) is 12.4. The van der Waals surface area contributed by atoms with Gasteiger partial charge in [-0.1, -0.05) is 0 Å². The number of hydrogen-bond acceptors (Lipinski definition) is 4. The number of carbonyl (C=O) groups excluding carboxylic acids is 1. The molecule has 110 valence electrons. The summed E-state index contributed by atoms with van der Waals surface area (Å²) < 4.78 is 10.7. The number of benzene rings is 2. The van der Waals surface area contributed by atoms with Gasteiger partial charge < -0.3 is 15.2 Å². The van der Waals surface area contributed by atoms with Gasteiger partial charge in [-0.15, -0.1) is 0 Å². The average molecular weight is 285 g/mol. The third-order valence-electron chi connectivity index (χ3n) is 3.00. The summed E-state index contributed by atoms with van der Waals surface area (Å²) in [5.41, 5.74) is 7.50. The van der Waals surface area contributed by atoms with E-state index in [0.717, 1.165) is 5.75 Å². The lowest BCUT2D eigenvalue weighted by Crippen LogP contribution is -2.04. The summed E-state index contributed by atoms with van der Waals surface area (Å²) in [6.07, 6.45) is 0. The number of hydrogen-bond donors (Lipinski definition) is 1. The minimum Gasteiger partial charge on any atom is -0.494 e. The predicted molar refractivity (Wildman–Crippen MR) is 83.1 cm³/mol. The molecule has 2 rings (SSSR count). The van der Waals surface area contributed by atoms with Gasteiger partial charge in [0, 0.05) is 11.1 Å². The Balaban J connectivity index is 2.21. The molecule has 0 aliphatic carbocycles. The summed E-state index contributed by atoms with van der Waals surface area (Å²) in [7, 11) is 0. The molecule has 0 unspecified atom stereocenters. The molecule has 4 heteroatoms. The Hall–Kier alpha value is -2.49. The third kappa shape index (κ3) is 3.54. The smallest absolute Gasteiger partial charge is 0.193 e. The van der Waals surface area contributed by atoms with Crippen molar-refractivity contribution in [1.82, 2.24) is 0 Å². The Labute approximate surface area is 124 Å². The Bertz CT molecular complexity index is 620. The molecule has 0 aliphatic heterocycles. The van der Waals surface area contributed by atoms with Gasteiger partial charge in [0.2, 0.25) is 0 Å². The second kappa shape index (κ2) is 6.79. The third-order valence-corrected chi connectivity index (χ3v) is 3.00. The number of ketones is 1. The van der Waals surface area contributed by atoms with E-state index in [1.165, 1.54) is 0 Å². The SMILES string of the molecule is CCOc1ccc(C(=O)c2ccc(OCC)c(N)c2)cc1. The van der Waals surface area contributed by atoms with E-state index in [1.807, 2.05) is 13.8 Å². The molecule has 0 aliphatic rings. The number of nitrogens with two attached hydrogens (primary N) is 1. The van der Waals surface area contributed by atoms with Gasteiger partial charge in [0.15, 0.2) is 5.78 Å². The van der Waals surface area contributed by atoms with Crippen molar-refractivity contribution < 1.29 is 14.3 Å². The molecule has 0 atom stereocenters. The van der Waals surface area contributed by atoms with Gasteiger partial charge in [-0.05, 0) is 56.3 Å². The van der Waals surface area contributed by atoms with Crippen molar-refractivity contribution in [3.8, 4) is 11.5 Å². The van der Waals surface area contributed by atoms with Crippen molar-refractivity contribution in [2.45, 2.75) is 13.8 Å². The zero-order chi connectivity index (χ0) is 15.2. The molecule has 21 heavy (non-hydrogen) atoms. The highest BCUT2D eigenvalue weighted by atomic mass is 16.5. The van der Waals surface area contributed by atoms with Crippen LogP contribution in [0.4, 0.5) is 5.69 Å². The number of ether oxygens (including phenoxy) is 2. The fourth-order valence-electron chi connectivity index (χ4n) is 2.01. The van der Waals surface area contributed by atoms with Crippen LogP contribution in [-0.2, 0) is 0 Å². The summed E-state index contributed by atoms with van der Waals surface area (Å²) in [5.74, 6) is 1.27. The van der Waals surface area contributed by atoms with E-state index >= 15 is 0 Å². The van der Waals surface area contributed by atoms with Crippen LogP contribution in [0.25, 0.3) is 0 Å². The lowest BCUT2D eigenvalue weighted by Gasteiger charge is -2.09. The Morgan fingerprint density at radius 1 is 0.952 bits per heavy atom. The Morgan fingerprint density at radius 3 is 2.14 bits per heavy atom. The first kappa shape index (κ1) is 14.9. The minimum atomic E-state index is -0.0761. The van der Waals surface area contributed by atoms with Crippen LogP contribution in [0, 0.1) is 0 Å². The highest BCUT2D eigenvalue weighted by molar-refractivity contribution is 6.09. The molecule has 0 spiro atoms. The summed E-state index contributed by atoms with van der Waals surface area (Å²) in [6, 6.07) is 12.2. The first-order valence-corrected chi connectivity index (χ1v) is 6.95. The zero-order valence-electron chi connectivity index (χ0n) is 12.3. The average Bonchev–Trinajstić information content (AvgIpc) is 2.50. The summed E-state index contributed by atoms with van der Waals surface area (Å²) in [5, 5.41) is 0. The van der Waals surface area contributed by atoms with Crippen LogP contribution in [0.5, 0.6) is 11.5 Å². The molecular weight excluding hydrogens is 266 g/mol. The largest absolute Gasteiger partial charge is 0.494 e. The highest BCUT2D eigenvalue weighted by Crippen LogP contribution is 2.24. The van der Waals surface area contributed by atoms with E-state index in [0.29, 0.717) is 35.8 Å². The second-order valence-electron chi connectivity index (χ2n) is 4.47.